The molecule has 0 amide bonds. The molecule has 0 radical (unpaired) electrons. The normalized spacial score (nSPS) is 11.7. The van der Waals surface area contributed by atoms with Crippen LogP contribution in [0.25, 0.3) is 10.8 Å². The van der Waals surface area contributed by atoms with Crippen LogP contribution in [0.3, 0.4) is 0 Å². The van der Waals surface area contributed by atoms with Crippen LogP contribution in [-0.4, -0.2) is 13.4 Å². The van der Waals surface area contributed by atoms with Gasteiger partial charge in [0.25, 0.3) is 10.0 Å². The minimum absolute atomic E-state index is 0.362. The van der Waals surface area contributed by atoms with Gasteiger partial charge >= 0.3 is 0 Å². The highest BCUT2D eigenvalue weighted by molar-refractivity contribution is 7.92. The molecule has 0 atom stereocenters. The Hall–Kier alpha value is -2.40. The summed E-state index contributed by atoms with van der Waals surface area (Å²) in [4.78, 5) is 4.52. The summed E-state index contributed by atoms with van der Waals surface area (Å²) in [5.74, 6) is 0. The third-order valence-electron chi connectivity index (χ3n) is 5.11. The van der Waals surface area contributed by atoms with Crippen LogP contribution in [0.4, 0.5) is 5.69 Å². The number of hydrogen-bond donors (Lipinski definition) is 1. The molecule has 1 heterocycles. The zero-order valence-electron chi connectivity index (χ0n) is 15.1. The highest BCUT2D eigenvalue weighted by Gasteiger charge is 2.24. The molecule has 0 aliphatic carbocycles. The lowest BCUT2D eigenvalue weighted by molar-refractivity contribution is 0.599. The van der Waals surface area contributed by atoms with Crippen molar-refractivity contribution < 1.29 is 8.42 Å². The van der Waals surface area contributed by atoms with Gasteiger partial charge in [-0.1, -0.05) is 24.3 Å². The van der Waals surface area contributed by atoms with Crippen LogP contribution in [0.1, 0.15) is 27.8 Å². The average Bonchev–Trinajstić information content (AvgIpc) is 2.58. The Bertz CT molecular complexity index is 1050. The molecule has 0 bridgehead atoms. The van der Waals surface area contributed by atoms with E-state index >= 15 is 0 Å². The van der Waals surface area contributed by atoms with Crippen molar-refractivity contribution in [2.75, 3.05) is 4.72 Å². The van der Waals surface area contributed by atoms with Crippen molar-refractivity contribution in [1.29, 1.82) is 0 Å². The lowest BCUT2D eigenvalue weighted by Gasteiger charge is -2.19. The van der Waals surface area contributed by atoms with Gasteiger partial charge in [-0.05, 0) is 62.4 Å². The van der Waals surface area contributed by atoms with Gasteiger partial charge in [0.05, 0.1) is 16.8 Å². The number of nitrogens with zero attached hydrogens (tertiary/aromatic N) is 1. The maximum Gasteiger partial charge on any atom is 0.262 e. The van der Waals surface area contributed by atoms with E-state index in [0.717, 1.165) is 38.6 Å². The molecule has 1 N–H and O–H groups in total. The number of fused-ring (bicyclic) bond motifs is 1. The van der Waals surface area contributed by atoms with Gasteiger partial charge < -0.3 is 0 Å². The van der Waals surface area contributed by atoms with Crippen molar-refractivity contribution >= 4 is 26.5 Å². The van der Waals surface area contributed by atoms with E-state index in [0.29, 0.717) is 10.6 Å². The van der Waals surface area contributed by atoms with Crippen molar-refractivity contribution in [2.24, 2.45) is 0 Å². The Labute approximate surface area is 149 Å². The predicted molar refractivity (Wildman–Crippen MR) is 103 cm³/mol. The van der Waals surface area contributed by atoms with E-state index in [-0.39, 0.29) is 0 Å². The zero-order valence-corrected chi connectivity index (χ0v) is 16.0. The van der Waals surface area contributed by atoms with E-state index in [2.05, 4.69) is 9.71 Å². The Morgan fingerprint density at radius 3 is 2.00 bits per heavy atom. The number of benzene rings is 2. The van der Waals surface area contributed by atoms with Crippen LogP contribution in [0.15, 0.2) is 41.6 Å². The summed E-state index contributed by atoms with van der Waals surface area (Å²) in [5, 5.41) is 1.73. The van der Waals surface area contributed by atoms with Gasteiger partial charge in [-0.2, -0.15) is 0 Å². The Balaban J connectivity index is 2.19. The number of rotatable bonds is 3. The standard InChI is InChI=1S/C20H22N2O2S/c1-12-13(2)15(4)20(16(5)14(12)3)25(23,24)22-19-11-21-10-17-8-6-7-9-18(17)19/h6-11,22H,1-5H3. The fourth-order valence-corrected chi connectivity index (χ4v) is 4.93. The topological polar surface area (TPSA) is 59.1 Å². The summed E-state index contributed by atoms with van der Waals surface area (Å²) in [5.41, 5.74) is 5.25. The van der Waals surface area contributed by atoms with Crippen LogP contribution in [0.5, 0.6) is 0 Å². The molecule has 130 valence electrons. The first-order valence-corrected chi connectivity index (χ1v) is 9.65. The summed E-state index contributed by atoms with van der Waals surface area (Å²) >= 11 is 0. The van der Waals surface area contributed by atoms with Crippen LogP contribution in [0, 0.1) is 34.6 Å². The van der Waals surface area contributed by atoms with E-state index in [9.17, 15) is 8.42 Å². The van der Waals surface area contributed by atoms with Crippen molar-refractivity contribution in [3.05, 3.63) is 64.5 Å². The third kappa shape index (κ3) is 2.89. The van der Waals surface area contributed by atoms with Crippen molar-refractivity contribution in [3.63, 3.8) is 0 Å². The zero-order chi connectivity index (χ0) is 18.4. The van der Waals surface area contributed by atoms with Gasteiger partial charge in [0.2, 0.25) is 0 Å². The molecule has 4 nitrogen and oxygen atoms in total. The molecule has 2 aromatic carbocycles. The lowest BCUT2D eigenvalue weighted by Crippen LogP contribution is -2.18. The maximum atomic E-state index is 13.2. The molecule has 0 fully saturated rings. The molecule has 3 aromatic rings. The first-order valence-electron chi connectivity index (χ1n) is 8.16. The first kappa shape index (κ1) is 17.4. The second kappa shape index (κ2) is 6.15. The summed E-state index contributed by atoms with van der Waals surface area (Å²) in [6.07, 6.45) is 3.28. The van der Waals surface area contributed by atoms with E-state index in [1.807, 2.05) is 58.9 Å². The average molecular weight is 354 g/mol. The van der Waals surface area contributed by atoms with E-state index < -0.39 is 10.0 Å². The molecule has 0 unspecified atom stereocenters. The SMILES string of the molecule is Cc1c(C)c(C)c(S(=O)(=O)Nc2cncc3ccccc23)c(C)c1C. The van der Waals surface area contributed by atoms with E-state index in [1.54, 1.807) is 12.4 Å². The van der Waals surface area contributed by atoms with Crippen molar-refractivity contribution in [1.82, 2.24) is 4.98 Å². The quantitative estimate of drug-likeness (QED) is 0.749. The summed E-state index contributed by atoms with van der Waals surface area (Å²) in [6.45, 7) is 9.70. The highest BCUT2D eigenvalue weighted by Crippen LogP contribution is 2.32. The van der Waals surface area contributed by atoms with Gasteiger partial charge in [0.15, 0.2) is 0 Å². The van der Waals surface area contributed by atoms with Crippen LogP contribution >= 0.6 is 0 Å². The highest BCUT2D eigenvalue weighted by atomic mass is 32.2. The van der Waals surface area contributed by atoms with Gasteiger partial charge in [-0.25, -0.2) is 8.42 Å². The van der Waals surface area contributed by atoms with Gasteiger partial charge in [0, 0.05) is 17.0 Å². The van der Waals surface area contributed by atoms with Crippen molar-refractivity contribution in [3.8, 4) is 0 Å². The number of hydrogen-bond acceptors (Lipinski definition) is 3. The van der Waals surface area contributed by atoms with E-state index in [4.69, 9.17) is 0 Å². The van der Waals surface area contributed by atoms with Gasteiger partial charge in [0.1, 0.15) is 0 Å². The number of nitrogens with one attached hydrogen (secondary N) is 1. The molecule has 25 heavy (non-hydrogen) atoms. The largest absolute Gasteiger partial charge is 0.277 e. The molecular weight excluding hydrogens is 332 g/mol. The Morgan fingerprint density at radius 2 is 1.36 bits per heavy atom. The van der Waals surface area contributed by atoms with Gasteiger partial charge in [-0.3, -0.25) is 9.71 Å². The predicted octanol–water partition coefficient (Wildman–Crippen LogP) is 4.58. The number of pyridine rings is 1. The Kier molecular flexibility index (Phi) is 4.29. The number of sulfonamides is 1. The first-order chi connectivity index (χ1) is 11.7. The van der Waals surface area contributed by atoms with Crippen LogP contribution < -0.4 is 4.72 Å². The fourth-order valence-electron chi connectivity index (χ4n) is 3.26. The molecule has 0 spiro atoms. The molecule has 0 aliphatic rings. The summed E-state index contributed by atoms with van der Waals surface area (Å²) in [6, 6.07) is 7.59. The van der Waals surface area contributed by atoms with E-state index in [1.165, 1.54) is 0 Å². The van der Waals surface area contributed by atoms with Crippen LogP contribution in [-0.2, 0) is 10.0 Å². The van der Waals surface area contributed by atoms with Gasteiger partial charge in [-0.15, -0.1) is 0 Å². The lowest BCUT2D eigenvalue weighted by atomic mass is 9.95. The maximum absolute atomic E-state index is 13.2. The summed E-state index contributed by atoms with van der Waals surface area (Å²) in [7, 11) is -3.72. The molecule has 0 saturated heterocycles. The van der Waals surface area contributed by atoms with Crippen molar-refractivity contribution in [2.45, 2.75) is 39.5 Å². The minimum Gasteiger partial charge on any atom is -0.277 e. The summed E-state index contributed by atoms with van der Waals surface area (Å²) < 4.78 is 29.1. The Morgan fingerprint density at radius 1 is 0.800 bits per heavy atom. The fraction of sp³-hybridized carbons (Fsp3) is 0.250. The molecule has 0 saturated carbocycles. The number of aromatic nitrogens is 1. The number of anilines is 1. The molecular formula is C20H22N2O2S. The monoisotopic (exact) mass is 354 g/mol. The minimum atomic E-state index is -3.72. The molecule has 3 rings (SSSR count). The second-order valence-corrected chi connectivity index (χ2v) is 8.09. The third-order valence-corrected chi connectivity index (χ3v) is 6.75. The molecule has 5 heteroatoms. The smallest absolute Gasteiger partial charge is 0.262 e. The molecule has 1 aromatic heterocycles. The second-order valence-electron chi connectivity index (χ2n) is 6.47. The van der Waals surface area contributed by atoms with Crippen LogP contribution in [0.2, 0.25) is 0 Å². The molecule has 0 aliphatic heterocycles.